The number of hydrogen-bond donors (Lipinski definition) is 4. The predicted octanol–water partition coefficient (Wildman–Crippen LogP) is -0.768. The summed E-state index contributed by atoms with van der Waals surface area (Å²) in [6, 6.07) is -0.511. The van der Waals surface area contributed by atoms with Crippen molar-refractivity contribution in [3.63, 3.8) is 0 Å². The Bertz CT molecular complexity index is 233. The summed E-state index contributed by atoms with van der Waals surface area (Å²) in [7, 11) is 0. The van der Waals surface area contributed by atoms with E-state index in [9.17, 15) is 9.90 Å². The van der Waals surface area contributed by atoms with Crippen LogP contribution >= 0.6 is 0 Å². The highest BCUT2D eigenvalue weighted by Crippen LogP contribution is 2.08. The number of nitrogens with one attached hydrogen (secondary N) is 2. The van der Waals surface area contributed by atoms with Gasteiger partial charge in [-0.05, 0) is 18.8 Å². The Labute approximate surface area is 96.2 Å². The van der Waals surface area contributed by atoms with Crippen molar-refractivity contribution in [1.82, 2.24) is 10.6 Å². The minimum absolute atomic E-state index is 0.0425. The number of rotatable bonds is 5. The topological polar surface area (TPSA) is 81.6 Å². The van der Waals surface area contributed by atoms with Crippen LogP contribution in [0.1, 0.15) is 26.7 Å². The van der Waals surface area contributed by atoms with E-state index in [4.69, 9.17) is 5.11 Å². The largest absolute Gasteiger partial charge is 0.394 e. The molecule has 1 fully saturated rings. The van der Waals surface area contributed by atoms with Crippen molar-refractivity contribution in [1.29, 1.82) is 0 Å². The second-order valence-electron chi connectivity index (χ2n) is 4.87. The van der Waals surface area contributed by atoms with Crippen LogP contribution in [0.4, 0.5) is 0 Å². The van der Waals surface area contributed by atoms with Crippen molar-refractivity contribution in [2.24, 2.45) is 5.92 Å². The van der Waals surface area contributed by atoms with Crippen LogP contribution in [0, 0.1) is 5.92 Å². The quantitative estimate of drug-likeness (QED) is 0.500. The molecule has 94 valence electrons. The number of aliphatic hydroxyl groups is 2. The van der Waals surface area contributed by atoms with E-state index in [2.05, 4.69) is 10.6 Å². The maximum atomic E-state index is 11.7. The Morgan fingerprint density at radius 2 is 2.25 bits per heavy atom. The predicted molar refractivity (Wildman–Crippen MR) is 60.9 cm³/mol. The molecular formula is C11H22N2O3. The molecule has 1 saturated heterocycles. The van der Waals surface area contributed by atoms with Crippen molar-refractivity contribution in [3.05, 3.63) is 0 Å². The molecule has 0 aromatic rings. The van der Waals surface area contributed by atoms with E-state index in [1.807, 2.05) is 13.8 Å². The van der Waals surface area contributed by atoms with Gasteiger partial charge in [0.2, 0.25) is 5.91 Å². The summed E-state index contributed by atoms with van der Waals surface area (Å²) in [6.07, 6.45) is 0.775. The molecule has 0 saturated carbocycles. The number of hydrogen-bond acceptors (Lipinski definition) is 4. The third-order valence-electron chi connectivity index (χ3n) is 2.75. The molecule has 16 heavy (non-hydrogen) atoms. The smallest absolute Gasteiger partial charge is 0.237 e. The van der Waals surface area contributed by atoms with Gasteiger partial charge >= 0.3 is 0 Å². The molecule has 0 aromatic carbocycles. The van der Waals surface area contributed by atoms with E-state index < -0.39 is 6.10 Å². The van der Waals surface area contributed by atoms with E-state index in [0.717, 1.165) is 6.42 Å². The molecule has 0 radical (unpaired) electrons. The first kappa shape index (κ1) is 13.4. The average molecular weight is 230 g/mol. The minimum atomic E-state index is -0.437. The van der Waals surface area contributed by atoms with Gasteiger partial charge in [0.05, 0.1) is 24.8 Å². The van der Waals surface area contributed by atoms with Crippen LogP contribution in [0.2, 0.25) is 0 Å². The Balaban J connectivity index is 2.36. The molecular weight excluding hydrogens is 208 g/mol. The van der Waals surface area contributed by atoms with Crippen LogP contribution in [0.25, 0.3) is 0 Å². The van der Waals surface area contributed by atoms with Crippen LogP contribution in [0.3, 0.4) is 0 Å². The van der Waals surface area contributed by atoms with Crippen LogP contribution in [-0.4, -0.2) is 47.5 Å². The van der Waals surface area contributed by atoms with E-state index in [0.29, 0.717) is 18.9 Å². The highest BCUT2D eigenvalue weighted by atomic mass is 16.3. The first-order chi connectivity index (χ1) is 7.52. The van der Waals surface area contributed by atoms with Crippen molar-refractivity contribution >= 4 is 5.91 Å². The highest BCUT2D eigenvalue weighted by molar-refractivity contribution is 5.82. The Morgan fingerprint density at radius 1 is 1.56 bits per heavy atom. The monoisotopic (exact) mass is 230 g/mol. The fourth-order valence-corrected chi connectivity index (χ4v) is 1.97. The van der Waals surface area contributed by atoms with Gasteiger partial charge in [-0.2, -0.15) is 0 Å². The van der Waals surface area contributed by atoms with Gasteiger partial charge < -0.3 is 20.8 Å². The molecule has 0 spiro atoms. The van der Waals surface area contributed by atoms with E-state index >= 15 is 0 Å². The van der Waals surface area contributed by atoms with Gasteiger partial charge in [0.15, 0.2) is 0 Å². The first-order valence-corrected chi connectivity index (χ1v) is 5.85. The molecule has 1 aliphatic rings. The summed E-state index contributed by atoms with van der Waals surface area (Å²) in [5, 5.41) is 24.2. The zero-order valence-corrected chi connectivity index (χ0v) is 9.94. The van der Waals surface area contributed by atoms with E-state index in [-0.39, 0.29) is 24.6 Å². The summed E-state index contributed by atoms with van der Waals surface area (Å²) >= 11 is 0. The van der Waals surface area contributed by atoms with Crippen molar-refractivity contribution in [2.45, 2.75) is 44.9 Å². The maximum Gasteiger partial charge on any atom is 0.237 e. The van der Waals surface area contributed by atoms with Crippen LogP contribution in [0.15, 0.2) is 0 Å². The number of β-amino-alcohol motifs (C(OH)–C–C–N with tert-alkyl or cyclic N) is 1. The zero-order chi connectivity index (χ0) is 12.1. The van der Waals surface area contributed by atoms with E-state index in [1.54, 1.807) is 0 Å². The SMILES string of the molecule is CC(C)CC(CO)NC(=O)C1CC(O)CN1. The summed E-state index contributed by atoms with van der Waals surface area (Å²) in [5.74, 6) is 0.302. The molecule has 0 aromatic heterocycles. The Kier molecular flexibility index (Phi) is 5.18. The fraction of sp³-hybridized carbons (Fsp3) is 0.909. The van der Waals surface area contributed by atoms with Gasteiger partial charge in [0, 0.05) is 6.54 Å². The van der Waals surface area contributed by atoms with Crippen LogP contribution in [0.5, 0.6) is 0 Å². The van der Waals surface area contributed by atoms with Crippen LogP contribution < -0.4 is 10.6 Å². The average Bonchev–Trinajstić information content (AvgIpc) is 2.63. The van der Waals surface area contributed by atoms with Gasteiger partial charge in [0.1, 0.15) is 0 Å². The lowest BCUT2D eigenvalue weighted by molar-refractivity contribution is -0.124. The third-order valence-corrected chi connectivity index (χ3v) is 2.75. The normalized spacial score (nSPS) is 27.1. The van der Waals surface area contributed by atoms with Gasteiger partial charge in [-0.1, -0.05) is 13.8 Å². The first-order valence-electron chi connectivity index (χ1n) is 5.85. The molecule has 5 nitrogen and oxygen atoms in total. The highest BCUT2D eigenvalue weighted by Gasteiger charge is 2.29. The number of carbonyl (C=O) groups is 1. The molecule has 1 aliphatic heterocycles. The summed E-state index contributed by atoms with van der Waals surface area (Å²) in [5.41, 5.74) is 0. The van der Waals surface area contributed by atoms with Crippen molar-refractivity contribution in [3.8, 4) is 0 Å². The molecule has 0 bridgehead atoms. The maximum absolute atomic E-state index is 11.7. The van der Waals surface area contributed by atoms with Gasteiger partial charge in [-0.3, -0.25) is 4.79 Å². The molecule has 1 heterocycles. The molecule has 1 amide bonds. The van der Waals surface area contributed by atoms with E-state index in [1.165, 1.54) is 0 Å². The molecule has 5 heteroatoms. The molecule has 4 N–H and O–H groups in total. The summed E-state index contributed by atoms with van der Waals surface area (Å²) in [4.78, 5) is 11.7. The Hall–Kier alpha value is -0.650. The lowest BCUT2D eigenvalue weighted by atomic mass is 10.0. The second kappa shape index (κ2) is 6.18. The lowest BCUT2D eigenvalue weighted by Crippen LogP contribution is -2.46. The molecule has 1 rings (SSSR count). The molecule has 3 unspecified atom stereocenters. The van der Waals surface area contributed by atoms with Gasteiger partial charge in [-0.25, -0.2) is 0 Å². The van der Waals surface area contributed by atoms with Crippen molar-refractivity contribution < 1.29 is 15.0 Å². The van der Waals surface area contributed by atoms with Gasteiger partial charge in [-0.15, -0.1) is 0 Å². The minimum Gasteiger partial charge on any atom is -0.394 e. The van der Waals surface area contributed by atoms with Gasteiger partial charge in [0.25, 0.3) is 0 Å². The van der Waals surface area contributed by atoms with Crippen LogP contribution in [-0.2, 0) is 4.79 Å². The molecule has 3 atom stereocenters. The standard InChI is InChI=1S/C11H22N2O3/c1-7(2)3-8(6-14)13-11(16)10-4-9(15)5-12-10/h7-10,12,14-15H,3-6H2,1-2H3,(H,13,16). The fourth-order valence-electron chi connectivity index (χ4n) is 1.97. The summed E-state index contributed by atoms with van der Waals surface area (Å²) < 4.78 is 0. The second-order valence-corrected chi connectivity index (χ2v) is 4.87. The third kappa shape index (κ3) is 4.08. The Morgan fingerprint density at radius 3 is 2.69 bits per heavy atom. The number of carbonyl (C=O) groups excluding carboxylic acids is 1. The number of aliphatic hydroxyl groups excluding tert-OH is 2. The zero-order valence-electron chi connectivity index (χ0n) is 9.94. The summed E-state index contributed by atoms with van der Waals surface area (Å²) in [6.45, 7) is 4.52. The number of amides is 1. The lowest BCUT2D eigenvalue weighted by Gasteiger charge is -2.20. The van der Waals surface area contributed by atoms with Crippen molar-refractivity contribution in [2.75, 3.05) is 13.2 Å². The molecule has 0 aliphatic carbocycles.